The summed E-state index contributed by atoms with van der Waals surface area (Å²) in [6, 6.07) is 9.13. The highest BCUT2D eigenvalue weighted by Crippen LogP contribution is 2.26. The summed E-state index contributed by atoms with van der Waals surface area (Å²) < 4.78 is 7.71. The van der Waals surface area contributed by atoms with Crippen LogP contribution in [0.5, 0.6) is 5.88 Å². The molecule has 0 bridgehead atoms. The molecule has 0 radical (unpaired) electrons. The van der Waals surface area contributed by atoms with Crippen molar-refractivity contribution >= 4 is 28.7 Å². The Hall–Kier alpha value is -3.52. The second-order valence-electron chi connectivity index (χ2n) is 7.89. The van der Waals surface area contributed by atoms with E-state index in [0.29, 0.717) is 33.4 Å². The quantitative estimate of drug-likeness (QED) is 0.267. The molecule has 34 heavy (non-hydrogen) atoms. The van der Waals surface area contributed by atoms with Gasteiger partial charge in [0.05, 0.1) is 35.3 Å². The average molecular weight is 481 g/mol. The van der Waals surface area contributed by atoms with Crippen LogP contribution in [0.2, 0.25) is 5.02 Å². The Kier molecular flexibility index (Phi) is 7.37. The summed E-state index contributed by atoms with van der Waals surface area (Å²) in [6.07, 6.45) is 4.02. The molecule has 176 valence electrons. The number of ether oxygens (including phenoxy) is 1. The van der Waals surface area contributed by atoms with Crippen molar-refractivity contribution in [3.8, 4) is 11.9 Å². The van der Waals surface area contributed by atoms with Crippen LogP contribution < -0.4 is 15.9 Å². The largest absolute Gasteiger partial charge is 0.466 e. The van der Waals surface area contributed by atoms with Gasteiger partial charge < -0.3 is 21.0 Å². The van der Waals surface area contributed by atoms with Gasteiger partial charge in [0.15, 0.2) is 6.10 Å². The van der Waals surface area contributed by atoms with E-state index in [1.165, 1.54) is 12.4 Å². The molecule has 1 aliphatic heterocycles. The predicted octanol–water partition coefficient (Wildman–Crippen LogP) is 2.24. The summed E-state index contributed by atoms with van der Waals surface area (Å²) in [5.74, 6) is 6.07. The Morgan fingerprint density at radius 2 is 2.15 bits per heavy atom. The molecule has 3 aromatic rings. The number of nitrogens with two attached hydrogens (primary N) is 1. The number of pyridine rings is 2. The standard InChI is InChI=1S/C23H25ClN8O2/c1-14(30-17-4-6-27-7-5-17)23(31-26)15-8-21-29-12-18(10-25)32(21)22(9-15)34-20(13-33)19-3-2-16(24)11-28-19/h2-3,8-9,11-12,17,20,27,33H,4-7,13,26H2,1H3/b30-14?,31-23+. The Bertz CT molecular complexity index is 1260. The molecule has 0 aliphatic carbocycles. The van der Waals surface area contributed by atoms with Crippen LogP contribution in [-0.2, 0) is 0 Å². The molecule has 0 amide bonds. The van der Waals surface area contributed by atoms with Crippen LogP contribution in [-0.4, -0.2) is 56.6 Å². The van der Waals surface area contributed by atoms with Crippen LogP contribution in [0.4, 0.5) is 0 Å². The second kappa shape index (κ2) is 10.6. The fourth-order valence-corrected chi connectivity index (χ4v) is 4.05. The number of aliphatic hydroxyl groups excluding tert-OH is 1. The number of halogens is 1. The van der Waals surface area contributed by atoms with Crippen LogP contribution in [0.15, 0.2) is 46.8 Å². The zero-order chi connectivity index (χ0) is 24.1. The van der Waals surface area contributed by atoms with Gasteiger partial charge in [0.25, 0.3) is 0 Å². The van der Waals surface area contributed by atoms with Gasteiger partial charge in [0.2, 0.25) is 5.88 Å². The van der Waals surface area contributed by atoms with Crippen LogP contribution >= 0.6 is 11.6 Å². The molecule has 4 rings (SSSR count). The molecule has 0 saturated carbocycles. The maximum atomic E-state index is 10.00. The molecule has 10 nitrogen and oxygen atoms in total. The van der Waals surface area contributed by atoms with E-state index in [4.69, 9.17) is 27.2 Å². The molecule has 4 heterocycles. The molecule has 1 aliphatic rings. The summed E-state index contributed by atoms with van der Waals surface area (Å²) in [4.78, 5) is 13.4. The smallest absolute Gasteiger partial charge is 0.201 e. The maximum absolute atomic E-state index is 10.00. The van der Waals surface area contributed by atoms with E-state index in [-0.39, 0.29) is 24.2 Å². The molecular weight excluding hydrogens is 456 g/mol. The number of aromatic nitrogens is 3. The first-order valence-corrected chi connectivity index (χ1v) is 11.3. The van der Waals surface area contributed by atoms with Crippen LogP contribution in [0, 0.1) is 11.3 Å². The number of aliphatic imine (C=N–C) groups is 1. The number of aliphatic hydroxyl groups is 1. The van der Waals surface area contributed by atoms with E-state index < -0.39 is 6.10 Å². The van der Waals surface area contributed by atoms with Crippen molar-refractivity contribution < 1.29 is 9.84 Å². The molecule has 1 atom stereocenters. The minimum Gasteiger partial charge on any atom is -0.466 e. The van der Waals surface area contributed by atoms with Crippen molar-refractivity contribution in [2.24, 2.45) is 15.9 Å². The van der Waals surface area contributed by atoms with Gasteiger partial charge in [-0.1, -0.05) is 11.6 Å². The van der Waals surface area contributed by atoms with Gasteiger partial charge in [-0.15, -0.1) is 0 Å². The van der Waals surface area contributed by atoms with Gasteiger partial charge in [0.1, 0.15) is 23.1 Å². The lowest BCUT2D eigenvalue weighted by molar-refractivity contribution is 0.107. The van der Waals surface area contributed by atoms with Crippen LogP contribution in [0.1, 0.15) is 42.8 Å². The topological polar surface area (TPSA) is 146 Å². The van der Waals surface area contributed by atoms with Crippen molar-refractivity contribution in [1.82, 2.24) is 19.7 Å². The number of fused-ring (bicyclic) bond motifs is 1. The summed E-state index contributed by atoms with van der Waals surface area (Å²) >= 11 is 5.94. The molecule has 1 saturated heterocycles. The highest BCUT2D eigenvalue weighted by atomic mass is 35.5. The van der Waals surface area contributed by atoms with Crippen molar-refractivity contribution in [2.75, 3.05) is 19.7 Å². The maximum Gasteiger partial charge on any atom is 0.201 e. The monoisotopic (exact) mass is 480 g/mol. The van der Waals surface area contributed by atoms with Crippen LogP contribution in [0.25, 0.3) is 5.65 Å². The van der Waals surface area contributed by atoms with Gasteiger partial charge in [-0.3, -0.25) is 14.4 Å². The summed E-state index contributed by atoms with van der Waals surface area (Å²) in [5.41, 5.74) is 3.08. The minimum absolute atomic E-state index is 0.198. The number of nitrogens with one attached hydrogen (secondary N) is 1. The second-order valence-corrected chi connectivity index (χ2v) is 8.33. The number of hydrazone groups is 1. The molecule has 4 N–H and O–H groups in total. The minimum atomic E-state index is -0.799. The van der Waals surface area contributed by atoms with Crippen molar-refractivity contribution in [3.63, 3.8) is 0 Å². The third kappa shape index (κ3) is 5.02. The molecule has 1 fully saturated rings. The number of nitriles is 1. The predicted molar refractivity (Wildman–Crippen MR) is 129 cm³/mol. The van der Waals surface area contributed by atoms with E-state index in [2.05, 4.69) is 26.5 Å². The SMILES string of the molecule is CC(=NC1CCNCC1)/C(=N\N)c1cc(OC(CO)c2ccc(Cl)cn2)n2c(C#N)cnc2c1. The lowest BCUT2D eigenvalue weighted by Gasteiger charge is -2.21. The Labute approximate surface area is 201 Å². The number of hydrogen-bond acceptors (Lipinski definition) is 9. The van der Waals surface area contributed by atoms with Crippen LogP contribution in [0.3, 0.4) is 0 Å². The number of piperidine rings is 1. The van der Waals surface area contributed by atoms with Crippen molar-refractivity contribution in [1.29, 1.82) is 5.26 Å². The normalized spacial score (nSPS) is 16.4. The van der Waals surface area contributed by atoms with E-state index >= 15 is 0 Å². The third-order valence-electron chi connectivity index (χ3n) is 5.63. The van der Waals surface area contributed by atoms with Gasteiger partial charge in [-0.05, 0) is 51.1 Å². The van der Waals surface area contributed by atoms with Crippen molar-refractivity contribution in [3.05, 3.63) is 58.6 Å². The lowest BCUT2D eigenvalue weighted by atomic mass is 10.0. The highest BCUT2D eigenvalue weighted by molar-refractivity contribution is 6.47. The number of nitrogens with zero attached hydrogens (tertiary/aromatic N) is 6. The van der Waals surface area contributed by atoms with E-state index in [1.54, 1.807) is 28.7 Å². The highest BCUT2D eigenvalue weighted by Gasteiger charge is 2.21. The van der Waals surface area contributed by atoms with E-state index in [9.17, 15) is 10.4 Å². The zero-order valence-corrected chi connectivity index (χ0v) is 19.4. The first-order chi connectivity index (χ1) is 16.5. The molecule has 0 aromatic carbocycles. The van der Waals surface area contributed by atoms with Crippen molar-refractivity contribution in [2.45, 2.75) is 31.9 Å². The van der Waals surface area contributed by atoms with E-state index in [0.717, 1.165) is 25.9 Å². The molecule has 1 unspecified atom stereocenters. The molecule has 0 spiro atoms. The molecule has 3 aromatic heterocycles. The summed E-state index contributed by atoms with van der Waals surface area (Å²) in [5, 5.41) is 27.4. The molecule has 11 heteroatoms. The first kappa shape index (κ1) is 23.6. The lowest BCUT2D eigenvalue weighted by Crippen LogP contribution is -2.31. The number of imidazole rings is 1. The Morgan fingerprint density at radius 3 is 2.79 bits per heavy atom. The number of rotatable bonds is 7. The Balaban J connectivity index is 1.75. The first-order valence-electron chi connectivity index (χ1n) is 10.9. The summed E-state index contributed by atoms with van der Waals surface area (Å²) in [6.45, 7) is 3.38. The van der Waals surface area contributed by atoms with Gasteiger partial charge in [0, 0.05) is 17.8 Å². The third-order valence-corrected chi connectivity index (χ3v) is 5.85. The zero-order valence-electron chi connectivity index (χ0n) is 18.6. The van der Waals surface area contributed by atoms with Gasteiger partial charge in [-0.25, -0.2) is 4.98 Å². The van der Waals surface area contributed by atoms with Gasteiger partial charge >= 0.3 is 0 Å². The Morgan fingerprint density at radius 1 is 1.35 bits per heavy atom. The van der Waals surface area contributed by atoms with E-state index in [1.807, 2.05) is 6.92 Å². The fraction of sp³-hybridized carbons (Fsp3) is 0.348. The number of hydrogen-bond donors (Lipinski definition) is 3. The fourth-order valence-electron chi connectivity index (χ4n) is 3.94. The van der Waals surface area contributed by atoms with Gasteiger partial charge in [-0.2, -0.15) is 10.4 Å². The molecular formula is C23H25ClN8O2. The summed E-state index contributed by atoms with van der Waals surface area (Å²) in [7, 11) is 0. The average Bonchev–Trinajstić information content (AvgIpc) is 3.27.